The lowest BCUT2D eigenvalue weighted by Crippen LogP contribution is -2.37. The summed E-state index contributed by atoms with van der Waals surface area (Å²) in [5, 5.41) is 0. The maximum absolute atomic E-state index is 12.1. The number of hydrogen-bond donors (Lipinski definition) is 0. The molecule has 1 aromatic carbocycles. The minimum Gasteiger partial charge on any atom is -0.291 e. The number of carbonyl (C=O) groups is 2. The molecule has 2 fully saturated rings. The van der Waals surface area contributed by atoms with E-state index in [9.17, 15) is 9.59 Å². The van der Waals surface area contributed by atoms with E-state index in [2.05, 4.69) is 19.1 Å². The lowest BCUT2D eigenvalue weighted by molar-refractivity contribution is -0.141. The van der Waals surface area contributed by atoms with E-state index in [4.69, 9.17) is 0 Å². The SMILES string of the molecule is CC12CCC(C(=O)C1=O)C2(C)Cc1ccccc1. The average molecular weight is 242 g/mol. The maximum Gasteiger partial charge on any atom is 0.205 e. The van der Waals surface area contributed by atoms with Crippen LogP contribution in [0.1, 0.15) is 32.3 Å². The number of ketones is 2. The topological polar surface area (TPSA) is 34.1 Å². The molecule has 1 aromatic rings. The van der Waals surface area contributed by atoms with Crippen LogP contribution in [0.25, 0.3) is 0 Å². The van der Waals surface area contributed by atoms with Gasteiger partial charge in [-0.15, -0.1) is 0 Å². The molecule has 94 valence electrons. The Morgan fingerprint density at radius 1 is 1.17 bits per heavy atom. The summed E-state index contributed by atoms with van der Waals surface area (Å²) >= 11 is 0. The van der Waals surface area contributed by atoms with Gasteiger partial charge in [0.25, 0.3) is 0 Å². The van der Waals surface area contributed by atoms with Gasteiger partial charge in [-0.2, -0.15) is 0 Å². The van der Waals surface area contributed by atoms with Crippen LogP contribution in [0, 0.1) is 16.7 Å². The monoisotopic (exact) mass is 242 g/mol. The van der Waals surface area contributed by atoms with Gasteiger partial charge in [-0.25, -0.2) is 0 Å². The van der Waals surface area contributed by atoms with Crippen molar-refractivity contribution in [2.24, 2.45) is 16.7 Å². The molecule has 0 radical (unpaired) electrons. The summed E-state index contributed by atoms with van der Waals surface area (Å²) in [4.78, 5) is 24.2. The Balaban J connectivity index is 2.01. The molecule has 0 spiro atoms. The predicted molar refractivity (Wildman–Crippen MR) is 69.1 cm³/mol. The fourth-order valence-electron chi connectivity index (χ4n) is 3.98. The Hall–Kier alpha value is -1.44. The zero-order valence-electron chi connectivity index (χ0n) is 10.9. The zero-order chi connectivity index (χ0) is 13.0. The molecule has 2 saturated carbocycles. The molecule has 2 aliphatic carbocycles. The van der Waals surface area contributed by atoms with Crippen molar-refractivity contribution in [1.29, 1.82) is 0 Å². The molecule has 3 rings (SSSR count). The van der Waals surface area contributed by atoms with Gasteiger partial charge < -0.3 is 0 Å². The summed E-state index contributed by atoms with van der Waals surface area (Å²) in [6.45, 7) is 4.11. The summed E-state index contributed by atoms with van der Waals surface area (Å²) in [6.07, 6.45) is 2.57. The summed E-state index contributed by atoms with van der Waals surface area (Å²) < 4.78 is 0. The Kier molecular flexibility index (Phi) is 2.28. The summed E-state index contributed by atoms with van der Waals surface area (Å²) in [6, 6.07) is 10.2. The number of benzene rings is 1. The fraction of sp³-hybridized carbons (Fsp3) is 0.500. The van der Waals surface area contributed by atoms with Gasteiger partial charge in [0.05, 0.1) is 0 Å². The van der Waals surface area contributed by atoms with Crippen molar-refractivity contribution in [1.82, 2.24) is 0 Å². The van der Waals surface area contributed by atoms with Crippen LogP contribution < -0.4 is 0 Å². The number of carbonyl (C=O) groups excluding carboxylic acids is 2. The highest BCUT2D eigenvalue weighted by Gasteiger charge is 2.68. The number of Topliss-reactive ketones (excluding diaryl/α,β-unsaturated/α-hetero) is 2. The molecule has 3 unspecified atom stereocenters. The van der Waals surface area contributed by atoms with Gasteiger partial charge >= 0.3 is 0 Å². The van der Waals surface area contributed by atoms with Crippen molar-refractivity contribution in [2.45, 2.75) is 33.1 Å². The third-order valence-corrected chi connectivity index (χ3v) is 5.42. The standard InChI is InChI=1S/C16H18O2/c1-15-9-8-12(13(17)14(15)18)16(15,2)10-11-6-4-3-5-7-11/h3-7,12H,8-10H2,1-2H3. The van der Waals surface area contributed by atoms with E-state index in [1.165, 1.54) is 5.56 Å². The Labute approximate surface area is 107 Å². The van der Waals surface area contributed by atoms with E-state index < -0.39 is 5.41 Å². The van der Waals surface area contributed by atoms with E-state index in [0.29, 0.717) is 0 Å². The molecule has 2 nitrogen and oxygen atoms in total. The second-order valence-electron chi connectivity index (χ2n) is 6.20. The van der Waals surface area contributed by atoms with E-state index >= 15 is 0 Å². The largest absolute Gasteiger partial charge is 0.291 e. The van der Waals surface area contributed by atoms with Crippen LogP contribution in [-0.4, -0.2) is 11.6 Å². The lowest BCUT2D eigenvalue weighted by Gasteiger charge is -2.35. The van der Waals surface area contributed by atoms with Crippen LogP contribution in [0.5, 0.6) is 0 Å². The van der Waals surface area contributed by atoms with Crippen molar-refractivity contribution in [3.05, 3.63) is 35.9 Å². The highest BCUT2D eigenvalue weighted by molar-refractivity contribution is 6.43. The molecular weight excluding hydrogens is 224 g/mol. The van der Waals surface area contributed by atoms with Gasteiger partial charge in [0, 0.05) is 11.3 Å². The second kappa shape index (κ2) is 3.53. The molecule has 0 aromatic heterocycles. The normalized spacial score (nSPS) is 38.4. The highest BCUT2D eigenvalue weighted by atomic mass is 16.2. The van der Waals surface area contributed by atoms with Crippen molar-refractivity contribution < 1.29 is 9.59 Å². The minimum atomic E-state index is -0.440. The van der Waals surface area contributed by atoms with Gasteiger partial charge in [0.2, 0.25) is 11.6 Å². The Morgan fingerprint density at radius 3 is 2.39 bits per heavy atom. The number of rotatable bonds is 2. The van der Waals surface area contributed by atoms with Gasteiger partial charge in [0.15, 0.2) is 0 Å². The van der Waals surface area contributed by atoms with E-state index in [1.54, 1.807) is 0 Å². The molecule has 0 aliphatic heterocycles. The average Bonchev–Trinajstić information content (AvgIpc) is 2.68. The Morgan fingerprint density at radius 2 is 1.83 bits per heavy atom. The zero-order valence-corrected chi connectivity index (χ0v) is 10.9. The molecule has 18 heavy (non-hydrogen) atoms. The first-order valence-corrected chi connectivity index (χ1v) is 6.62. The first-order chi connectivity index (χ1) is 8.49. The van der Waals surface area contributed by atoms with Gasteiger partial charge in [-0.05, 0) is 30.2 Å². The molecule has 0 saturated heterocycles. The van der Waals surface area contributed by atoms with Gasteiger partial charge in [-0.1, -0.05) is 44.2 Å². The van der Waals surface area contributed by atoms with E-state index in [-0.39, 0.29) is 22.9 Å². The number of fused-ring (bicyclic) bond motifs is 2. The quantitative estimate of drug-likeness (QED) is 0.747. The minimum absolute atomic E-state index is 0.0600. The maximum atomic E-state index is 12.1. The van der Waals surface area contributed by atoms with Crippen LogP contribution in [-0.2, 0) is 16.0 Å². The van der Waals surface area contributed by atoms with Gasteiger partial charge in [0.1, 0.15) is 0 Å². The van der Waals surface area contributed by atoms with Crippen molar-refractivity contribution in [3.8, 4) is 0 Å². The van der Waals surface area contributed by atoms with Crippen molar-refractivity contribution >= 4 is 11.6 Å². The van der Waals surface area contributed by atoms with Gasteiger partial charge in [-0.3, -0.25) is 9.59 Å². The summed E-state index contributed by atoms with van der Waals surface area (Å²) in [7, 11) is 0. The second-order valence-corrected chi connectivity index (χ2v) is 6.20. The molecule has 0 heterocycles. The lowest BCUT2D eigenvalue weighted by atomic mass is 9.66. The number of hydrogen-bond acceptors (Lipinski definition) is 2. The smallest absolute Gasteiger partial charge is 0.205 e. The van der Waals surface area contributed by atoms with E-state index in [0.717, 1.165) is 19.3 Å². The highest BCUT2D eigenvalue weighted by Crippen LogP contribution is 2.63. The van der Waals surface area contributed by atoms with Crippen LogP contribution in [0.3, 0.4) is 0 Å². The van der Waals surface area contributed by atoms with Crippen molar-refractivity contribution in [3.63, 3.8) is 0 Å². The van der Waals surface area contributed by atoms with Crippen molar-refractivity contribution in [2.75, 3.05) is 0 Å². The molecule has 0 N–H and O–H groups in total. The Bertz CT molecular complexity index is 519. The van der Waals surface area contributed by atoms with Crippen LogP contribution in [0.15, 0.2) is 30.3 Å². The third-order valence-electron chi connectivity index (χ3n) is 5.42. The van der Waals surface area contributed by atoms with Crippen LogP contribution in [0.4, 0.5) is 0 Å². The summed E-state index contributed by atoms with van der Waals surface area (Å²) in [5.41, 5.74) is 0.591. The molecular formula is C16H18O2. The third kappa shape index (κ3) is 1.23. The first-order valence-electron chi connectivity index (χ1n) is 6.62. The molecule has 2 heteroatoms. The molecule has 2 aliphatic rings. The molecule has 3 atom stereocenters. The van der Waals surface area contributed by atoms with Crippen LogP contribution in [0.2, 0.25) is 0 Å². The first kappa shape index (κ1) is 11.6. The molecule has 2 bridgehead atoms. The molecule has 0 amide bonds. The summed E-state index contributed by atoms with van der Waals surface area (Å²) in [5.74, 6) is -0.311. The van der Waals surface area contributed by atoms with Crippen LogP contribution >= 0.6 is 0 Å². The fourth-order valence-corrected chi connectivity index (χ4v) is 3.98. The predicted octanol–water partition coefficient (Wildman–Crippen LogP) is 2.80. The van der Waals surface area contributed by atoms with E-state index in [1.807, 2.05) is 25.1 Å².